The van der Waals surface area contributed by atoms with E-state index in [9.17, 15) is 0 Å². The van der Waals surface area contributed by atoms with Crippen LogP contribution in [0.25, 0.3) is 6.08 Å². The summed E-state index contributed by atoms with van der Waals surface area (Å²) >= 11 is 0. The van der Waals surface area contributed by atoms with Crippen molar-refractivity contribution in [3.8, 4) is 0 Å². The third kappa shape index (κ3) is 3.44. The number of aromatic nitrogens is 1. The first-order chi connectivity index (χ1) is 11.9. The molecule has 1 aromatic heterocycles. The fourth-order valence-electron chi connectivity index (χ4n) is 4.30. The van der Waals surface area contributed by atoms with Gasteiger partial charge in [0.25, 0.3) is 0 Å². The fourth-order valence-corrected chi connectivity index (χ4v) is 4.30. The fraction of sp³-hybridized carbons (Fsp3) is 0.409. The lowest BCUT2D eigenvalue weighted by Crippen LogP contribution is -2.35. The summed E-state index contributed by atoms with van der Waals surface area (Å²) in [5.41, 5.74) is 4.05. The van der Waals surface area contributed by atoms with Gasteiger partial charge in [0, 0.05) is 24.5 Å². The van der Waals surface area contributed by atoms with Crippen LogP contribution >= 0.6 is 0 Å². The Kier molecular flexibility index (Phi) is 4.75. The average Bonchev–Trinajstić information content (AvgIpc) is 3.07. The van der Waals surface area contributed by atoms with Crippen molar-refractivity contribution >= 4 is 6.08 Å². The Morgan fingerprint density at radius 1 is 1.04 bits per heavy atom. The van der Waals surface area contributed by atoms with Gasteiger partial charge in [0.2, 0.25) is 0 Å². The SMILES string of the molecule is C(=C\c1ccc([C@H]2CC[C@H]3CCCCN32)cc1)/Cc1cccnc1. The second kappa shape index (κ2) is 7.31. The predicted molar refractivity (Wildman–Crippen MR) is 99.7 cm³/mol. The standard InChI is InChI=1S/C22H26N2/c1-2-16-24-21(8-1)13-14-22(24)20-11-9-18(10-12-20)5-3-6-19-7-4-15-23-17-19/h3-5,7,9-12,15,17,21-22H,1-2,6,8,13-14,16H2/b5-3+/t21-,22-/m1/s1. The third-order valence-corrected chi connectivity index (χ3v) is 5.55. The molecular weight excluding hydrogens is 292 g/mol. The van der Waals surface area contributed by atoms with Gasteiger partial charge in [-0.15, -0.1) is 0 Å². The van der Waals surface area contributed by atoms with E-state index < -0.39 is 0 Å². The zero-order chi connectivity index (χ0) is 16.2. The molecule has 2 fully saturated rings. The van der Waals surface area contributed by atoms with Crippen LogP contribution in [0.3, 0.4) is 0 Å². The van der Waals surface area contributed by atoms with E-state index >= 15 is 0 Å². The lowest BCUT2D eigenvalue weighted by Gasteiger charge is -2.34. The maximum absolute atomic E-state index is 4.16. The Morgan fingerprint density at radius 2 is 1.96 bits per heavy atom. The molecule has 0 radical (unpaired) electrons. The highest BCUT2D eigenvalue weighted by molar-refractivity contribution is 5.50. The minimum atomic E-state index is 0.656. The van der Waals surface area contributed by atoms with Crippen molar-refractivity contribution in [3.05, 3.63) is 71.6 Å². The Hall–Kier alpha value is -1.93. The lowest BCUT2D eigenvalue weighted by molar-refractivity contribution is 0.150. The molecule has 0 amide bonds. The molecule has 2 heteroatoms. The Balaban J connectivity index is 1.39. The molecule has 2 aliphatic heterocycles. The number of rotatable bonds is 4. The van der Waals surface area contributed by atoms with E-state index in [-0.39, 0.29) is 0 Å². The van der Waals surface area contributed by atoms with E-state index in [1.165, 1.54) is 55.3 Å². The van der Waals surface area contributed by atoms with Crippen LogP contribution in [0.2, 0.25) is 0 Å². The topological polar surface area (TPSA) is 16.1 Å². The molecule has 0 unspecified atom stereocenters. The van der Waals surface area contributed by atoms with Crippen LogP contribution in [0.4, 0.5) is 0 Å². The molecule has 2 nitrogen and oxygen atoms in total. The quantitative estimate of drug-likeness (QED) is 0.786. The number of fused-ring (bicyclic) bond motifs is 1. The van der Waals surface area contributed by atoms with Crippen molar-refractivity contribution in [2.45, 2.75) is 50.6 Å². The predicted octanol–water partition coefficient (Wildman–Crippen LogP) is 5.03. The highest BCUT2D eigenvalue weighted by Gasteiger charge is 2.35. The molecule has 24 heavy (non-hydrogen) atoms. The lowest BCUT2D eigenvalue weighted by atomic mass is 10.0. The van der Waals surface area contributed by atoms with Gasteiger partial charge in [-0.2, -0.15) is 0 Å². The van der Waals surface area contributed by atoms with Gasteiger partial charge in [-0.1, -0.05) is 48.9 Å². The summed E-state index contributed by atoms with van der Waals surface area (Å²) in [4.78, 5) is 6.92. The van der Waals surface area contributed by atoms with Crippen molar-refractivity contribution in [2.24, 2.45) is 0 Å². The zero-order valence-corrected chi connectivity index (χ0v) is 14.3. The van der Waals surface area contributed by atoms with Crippen molar-refractivity contribution in [1.82, 2.24) is 9.88 Å². The summed E-state index contributed by atoms with van der Waals surface area (Å²) in [7, 11) is 0. The van der Waals surface area contributed by atoms with Gasteiger partial charge in [0.1, 0.15) is 0 Å². The van der Waals surface area contributed by atoms with Crippen LogP contribution in [-0.2, 0) is 6.42 Å². The normalized spacial score (nSPS) is 24.3. The van der Waals surface area contributed by atoms with Gasteiger partial charge < -0.3 is 0 Å². The maximum Gasteiger partial charge on any atom is 0.0351 e. The molecule has 4 rings (SSSR count). The molecule has 0 saturated carbocycles. The van der Waals surface area contributed by atoms with Crippen molar-refractivity contribution < 1.29 is 0 Å². The molecule has 124 valence electrons. The van der Waals surface area contributed by atoms with Gasteiger partial charge in [-0.25, -0.2) is 0 Å². The smallest absolute Gasteiger partial charge is 0.0351 e. The second-order valence-electron chi connectivity index (χ2n) is 7.12. The number of pyridine rings is 1. The summed E-state index contributed by atoms with van der Waals surface area (Å²) in [5, 5.41) is 0. The van der Waals surface area contributed by atoms with Crippen LogP contribution in [-0.4, -0.2) is 22.5 Å². The Labute approximate surface area is 145 Å². The van der Waals surface area contributed by atoms with E-state index in [1.54, 1.807) is 0 Å². The van der Waals surface area contributed by atoms with Gasteiger partial charge in [-0.3, -0.25) is 9.88 Å². The van der Waals surface area contributed by atoms with Crippen LogP contribution < -0.4 is 0 Å². The molecular formula is C22H26N2. The van der Waals surface area contributed by atoms with E-state index in [4.69, 9.17) is 0 Å². The van der Waals surface area contributed by atoms with Crippen molar-refractivity contribution in [2.75, 3.05) is 6.54 Å². The zero-order valence-electron chi connectivity index (χ0n) is 14.3. The number of nitrogens with zero attached hydrogens (tertiary/aromatic N) is 2. The molecule has 0 N–H and O–H groups in total. The number of hydrogen-bond acceptors (Lipinski definition) is 2. The Morgan fingerprint density at radius 3 is 2.79 bits per heavy atom. The summed E-state index contributed by atoms with van der Waals surface area (Å²) in [5.74, 6) is 0. The van der Waals surface area contributed by atoms with E-state index in [2.05, 4.69) is 52.4 Å². The van der Waals surface area contributed by atoms with Crippen LogP contribution in [0.5, 0.6) is 0 Å². The summed E-state index contributed by atoms with van der Waals surface area (Å²) in [6, 6.07) is 14.8. The summed E-state index contributed by atoms with van der Waals surface area (Å²) in [6.45, 7) is 1.29. The van der Waals surface area contributed by atoms with Crippen LogP contribution in [0.1, 0.15) is 54.8 Å². The van der Waals surface area contributed by atoms with Gasteiger partial charge in [0.05, 0.1) is 0 Å². The van der Waals surface area contributed by atoms with Crippen molar-refractivity contribution in [3.63, 3.8) is 0 Å². The van der Waals surface area contributed by atoms with E-state index in [0.717, 1.165) is 12.5 Å². The molecule has 2 saturated heterocycles. The first-order valence-corrected chi connectivity index (χ1v) is 9.31. The van der Waals surface area contributed by atoms with E-state index in [0.29, 0.717) is 6.04 Å². The molecule has 3 heterocycles. The van der Waals surface area contributed by atoms with Gasteiger partial charge in [-0.05, 0) is 61.4 Å². The largest absolute Gasteiger partial charge is 0.293 e. The minimum Gasteiger partial charge on any atom is -0.293 e. The summed E-state index contributed by atoms with van der Waals surface area (Å²) in [6.07, 6.45) is 16.1. The van der Waals surface area contributed by atoms with Crippen LogP contribution in [0.15, 0.2) is 54.9 Å². The monoisotopic (exact) mass is 318 g/mol. The molecule has 2 aliphatic rings. The molecule has 1 aromatic carbocycles. The minimum absolute atomic E-state index is 0.656. The number of allylic oxidation sites excluding steroid dienone is 1. The molecule has 0 aliphatic carbocycles. The molecule has 0 spiro atoms. The number of benzene rings is 1. The highest BCUT2D eigenvalue weighted by atomic mass is 15.2. The van der Waals surface area contributed by atoms with Crippen LogP contribution in [0, 0.1) is 0 Å². The molecule has 2 aromatic rings. The first kappa shape index (κ1) is 15.6. The molecule has 0 bridgehead atoms. The average molecular weight is 318 g/mol. The Bertz CT molecular complexity index is 675. The third-order valence-electron chi connectivity index (χ3n) is 5.55. The van der Waals surface area contributed by atoms with Gasteiger partial charge >= 0.3 is 0 Å². The van der Waals surface area contributed by atoms with Gasteiger partial charge in [0.15, 0.2) is 0 Å². The number of piperidine rings is 1. The molecule has 2 atom stereocenters. The highest BCUT2D eigenvalue weighted by Crippen LogP contribution is 2.40. The first-order valence-electron chi connectivity index (χ1n) is 9.31. The number of hydrogen-bond donors (Lipinski definition) is 0. The maximum atomic E-state index is 4.16. The van der Waals surface area contributed by atoms with E-state index in [1.807, 2.05) is 18.5 Å². The van der Waals surface area contributed by atoms with Crippen molar-refractivity contribution in [1.29, 1.82) is 0 Å². The second-order valence-corrected chi connectivity index (χ2v) is 7.12. The summed E-state index contributed by atoms with van der Waals surface area (Å²) < 4.78 is 0.